The first-order valence-corrected chi connectivity index (χ1v) is 6.42. The second-order valence-corrected chi connectivity index (χ2v) is 4.54. The Labute approximate surface area is 98.2 Å². The Bertz CT molecular complexity index is 389. The van der Waals surface area contributed by atoms with Gasteiger partial charge in [0.15, 0.2) is 0 Å². The summed E-state index contributed by atoms with van der Waals surface area (Å²) in [6.45, 7) is 11.6. The van der Waals surface area contributed by atoms with Gasteiger partial charge in [-0.1, -0.05) is 32.2 Å². The van der Waals surface area contributed by atoms with Crippen LogP contribution in [0.2, 0.25) is 0 Å². The maximum absolute atomic E-state index is 9.88. The van der Waals surface area contributed by atoms with Crippen LogP contribution in [-0.2, 0) is 4.52 Å². The number of hydrogen-bond acceptors (Lipinski definition) is 2. The van der Waals surface area contributed by atoms with Crippen LogP contribution in [0, 0.1) is 0 Å². The molecule has 3 heteroatoms. The minimum atomic E-state index is -1.60. The van der Waals surface area contributed by atoms with Crippen LogP contribution in [0.3, 0.4) is 0 Å². The van der Waals surface area contributed by atoms with Gasteiger partial charge in [-0.05, 0) is 31.1 Å². The third kappa shape index (κ3) is 2.52. The average molecular weight is 236 g/mol. The summed E-state index contributed by atoms with van der Waals surface area (Å²) in [6, 6.07) is 0. The van der Waals surface area contributed by atoms with E-state index >= 15 is 0 Å². The standard InChI is InChI=1S/C13H17O2P/c1-5-8-12-11(7-3)10(4)13(9-6-2)16(14)15-12/h5-6,8-9,14H,2,4,7H2,1,3H3/b8-5-,13-9+. The largest absolute Gasteiger partial charge is 0.444 e. The van der Waals surface area contributed by atoms with Crippen molar-refractivity contribution in [3.05, 3.63) is 59.7 Å². The van der Waals surface area contributed by atoms with E-state index in [1.54, 1.807) is 12.2 Å². The molecule has 0 spiro atoms. The van der Waals surface area contributed by atoms with Crippen LogP contribution in [0.4, 0.5) is 0 Å². The highest BCUT2D eigenvalue weighted by molar-refractivity contribution is 7.51. The molecule has 1 rings (SSSR count). The van der Waals surface area contributed by atoms with Crippen LogP contribution in [-0.4, -0.2) is 4.89 Å². The van der Waals surface area contributed by atoms with Gasteiger partial charge in [0.05, 0.1) is 0 Å². The zero-order valence-corrected chi connectivity index (χ0v) is 10.6. The maximum atomic E-state index is 9.88. The van der Waals surface area contributed by atoms with Gasteiger partial charge in [0.2, 0.25) is 0 Å². The summed E-state index contributed by atoms with van der Waals surface area (Å²) in [4.78, 5) is 9.88. The monoisotopic (exact) mass is 236 g/mol. The van der Waals surface area contributed by atoms with Gasteiger partial charge in [0, 0.05) is 10.9 Å². The second kappa shape index (κ2) is 5.83. The van der Waals surface area contributed by atoms with Gasteiger partial charge in [0.25, 0.3) is 8.38 Å². The molecule has 0 amide bonds. The Balaban J connectivity index is 3.22. The molecule has 1 N–H and O–H groups in total. The van der Waals surface area contributed by atoms with E-state index in [4.69, 9.17) is 4.52 Å². The normalized spacial score (nSPS) is 24.1. The molecular weight excluding hydrogens is 219 g/mol. The molecule has 1 heterocycles. The number of rotatable bonds is 3. The summed E-state index contributed by atoms with van der Waals surface area (Å²) < 4.78 is 5.50. The lowest BCUT2D eigenvalue weighted by atomic mass is 10.0. The van der Waals surface area contributed by atoms with E-state index in [-0.39, 0.29) is 0 Å². The zero-order chi connectivity index (χ0) is 12.1. The minimum Gasteiger partial charge on any atom is -0.444 e. The molecule has 1 atom stereocenters. The summed E-state index contributed by atoms with van der Waals surface area (Å²) in [5, 5.41) is 0.745. The molecule has 0 aliphatic carbocycles. The van der Waals surface area contributed by atoms with E-state index in [1.165, 1.54) is 0 Å². The smallest absolute Gasteiger partial charge is 0.262 e. The van der Waals surface area contributed by atoms with Crippen molar-refractivity contribution in [3.63, 3.8) is 0 Å². The highest BCUT2D eigenvalue weighted by Gasteiger charge is 2.26. The molecule has 0 aromatic carbocycles. The summed E-state index contributed by atoms with van der Waals surface area (Å²) in [5.41, 5.74) is 1.90. The lowest BCUT2D eigenvalue weighted by molar-refractivity contribution is 0.410. The molecule has 86 valence electrons. The van der Waals surface area contributed by atoms with Gasteiger partial charge in [-0.25, -0.2) is 0 Å². The van der Waals surface area contributed by atoms with Crippen molar-refractivity contribution in [3.8, 4) is 0 Å². The molecule has 1 aliphatic rings. The zero-order valence-electron chi connectivity index (χ0n) is 9.73. The van der Waals surface area contributed by atoms with Gasteiger partial charge < -0.3 is 9.42 Å². The third-order valence-electron chi connectivity index (χ3n) is 2.31. The van der Waals surface area contributed by atoms with Crippen LogP contribution >= 0.6 is 8.38 Å². The summed E-state index contributed by atoms with van der Waals surface area (Å²) in [5.74, 6) is 0.727. The van der Waals surface area contributed by atoms with Crippen molar-refractivity contribution in [2.24, 2.45) is 0 Å². The van der Waals surface area contributed by atoms with Gasteiger partial charge >= 0.3 is 0 Å². The SMILES string of the molecule is C=C/C=C1\C(=C)C(CC)=C(/C=C\C)OP1O. The molecule has 0 aromatic rings. The van der Waals surface area contributed by atoms with E-state index < -0.39 is 8.38 Å². The first kappa shape index (κ1) is 13.0. The molecule has 0 bridgehead atoms. The predicted molar refractivity (Wildman–Crippen MR) is 69.8 cm³/mol. The Kier molecular flexibility index (Phi) is 4.72. The fourth-order valence-electron chi connectivity index (χ4n) is 1.56. The maximum Gasteiger partial charge on any atom is 0.262 e. The van der Waals surface area contributed by atoms with Crippen LogP contribution in [0.15, 0.2) is 59.7 Å². The van der Waals surface area contributed by atoms with E-state index in [0.29, 0.717) is 0 Å². The van der Waals surface area contributed by atoms with E-state index in [2.05, 4.69) is 13.2 Å². The molecule has 0 saturated carbocycles. The molecule has 0 saturated heterocycles. The fourth-order valence-corrected chi connectivity index (χ4v) is 2.62. The highest BCUT2D eigenvalue weighted by Crippen LogP contribution is 2.54. The molecular formula is C13H17O2P. The van der Waals surface area contributed by atoms with E-state index in [0.717, 1.165) is 28.6 Å². The predicted octanol–water partition coefficient (Wildman–Crippen LogP) is 4.19. The Morgan fingerprint density at radius 1 is 1.50 bits per heavy atom. The van der Waals surface area contributed by atoms with Gasteiger partial charge in [-0.2, -0.15) is 0 Å². The molecule has 1 unspecified atom stereocenters. The molecule has 0 radical (unpaired) electrons. The van der Waals surface area contributed by atoms with Crippen molar-refractivity contribution >= 4 is 8.38 Å². The average Bonchev–Trinajstić information content (AvgIpc) is 2.25. The van der Waals surface area contributed by atoms with Gasteiger partial charge in [-0.3, -0.25) is 0 Å². The second-order valence-electron chi connectivity index (χ2n) is 3.33. The number of hydrogen-bond donors (Lipinski definition) is 1. The quantitative estimate of drug-likeness (QED) is 0.744. The topological polar surface area (TPSA) is 29.5 Å². The van der Waals surface area contributed by atoms with Crippen molar-refractivity contribution in [1.29, 1.82) is 0 Å². The van der Waals surface area contributed by atoms with Crippen molar-refractivity contribution in [1.82, 2.24) is 0 Å². The van der Waals surface area contributed by atoms with Crippen LogP contribution < -0.4 is 0 Å². The van der Waals surface area contributed by atoms with Crippen molar-refractivity contribution < 1.29 is 9.42 Å². The Morgan fingerprint density at radius 2 is 2.19 bits per heavy atom. The van der Waals surface area contributed by atoms with Crippen LogP contribution in [0.1, 0.15) is 20.3 Å². The number of allylic oxidation sites excluding steroid dienone is 7. The molecule has 2 nitrogen and oxygen atoms in total. The van der Waals surface area contributed by atoms with Crippen molar-refractivity contribution in [2.45, 2.75) is 20.3 Å². The Morgan fingerprint density at radius 3 is 2.69 bits per heavy atom. The Hall–Kier alpha value is -1.11. The summed E-state index contributed by atoms with van der Waals surface area (Å²) in [7, 11) is -1.60. The first-order chi connectivity index (χ1) is 7.65. The van der Waals surface area contributed by atoms with E-state index in [9.17, 15) is 4.89 Å². The molecule has 0 aromatic heterocycles. The lowest BCUT2D eigenvalue weighted by Gasteiger charge is -2.26. The van der Waals surface area contributed by atoms with E-state index in [1.807, 2.05) is 26.0 Å². The fraction of sp³-hybridized carbons (Fsp3) is 0.231. The van der Waals surface area contributed by atoms with Gasteiger partial charge in [0.1, 0.15) is 5.76 Å². The molecule has 0 fully saturated rings. The lowest BCUT2D eigenvalue weighted by Crippen LogP contribution is -2.04. The summed E-state index contributed by atoms with van der Waals surface area (Å²) >= 11 is 0. The summed E-state index contributed by atoms with van der Waals surface area (Å²) in [6.07, 6.45) is 7.99. The highest BCUT2D eigenvalue weighted by atomic mass is 31.2. The van der Waals surface area contributed by atoms with Crippen LogP contribution in [0.25, 0.3) is 0 Å². The van der Waals surface area contributed by atoms with Gasteiger partial charge in [-0.15, -0.1) is 0 Å². The minimum absolute atomic E-state index is 0.727. The molecule has 1 aliphatic heterocycles. The van der Waals surface area contributed by atoms with Crippen LogP contribution in [0.5, 0.6) is 0 Å². The third-order valence-corrected chi connectivity index (χ3v) is 3.51. The van der Waals surface area contributed by atoms with Crippen molar-refractivity contribution in [2.75, 3.05) is 0 Å². The molecule has 16 heavy (non-hydrogen) atoms. The first-order valence-electron chi connectivity index (χ1n) is 5.20.